The van der Waals surface area contributed by atoms with E-state index in [0.29, 0.717) is 17.8 Å². The van der Waals surface area contributed by atoms with Gasteiger partial charge >= 0.3 is 0 Å². The van der Waals surface area contributed by atoms with Crippen LogP contribution in [-0.4, -0.2) is 57.3 Å². The van der Waals surface area contributed by atoms with Crippen LogP contribution in [0, 0.1) is 0 Å². The van der Waals surface area contributed by atoms with Crippen LogP contribution in [0.3, 0.4) is 0 Å². The summed E-state index contributed by atoms with van der Waals surface area (Å²) in [5, 5.41) is 19.9. The predicted octanol–water partition coefficient (Wildman–Crippen LogP) is 31.3. The van der Waals surface area contributed by atoms with Crippen LogP contribution in [0.4, 0.5) is 0 Å². The third-order valence-electron chi connectivity index (χ3n) is 27.2. The van der Waals surface area contributed by atoms with Gasteiger partial charge in [-0.05, 0) is 149 Å². The molecule has 136 heavy (non-hydrogen) atoms. The van der Waals surface area contributed by atoms with Crippen LogP contribution in [0.25, 0.3) is 254 Å². The molecule has 0 unspecified atom stereocenters. The number of hydrogen-bond donors (Lipinski definition) is 0. The van der Waals surface area contributed by atoms with E-state index < -0.39 is 0 Å². The molecule has 12 nitrogen and oxygen atoms in total. The minimum Gasteiger partial charge on any atom is -0.309 e. The Morgan fingerprint density at radius 2 is 0.426 bits per heavy atom. The molecule has 0 saturated heterocycles. The van der Waals surface area contributed by atoms with Crippen LogP contribution in [-0.2, 0) is 0 Å². The molecule has 0 fully saturated rings. The lowest BCUT2D eigenvalue weighted by atomic mass is 10.0. The number of hydrogen-bond acceptors (Lipinski definition) is 6. The second kappa shape index (κ2) is 31.7. The molecule has 9 aromatic heterocycles. The van der Waals surface area contributed by atoms with Crippen molar-refractivity contribution in [1.82, 2.24) is 57.3 Å². The Labute approximate surface area is 779 Å². The zero-order valence-electron chi connectivity index (χ0n) is 73.4. The largest absolute Gasteiger partial charge is 0.309 e. The average molecular weight is 1740 g/mol. The summed E-state index contributed by atoms with van der Waals surface area (Å²) >= 11 is 0. The van der Waals surface area contributed by atoms with Crippen LogP contribution in [0.5, 0.6) is 0 Å². The highest BCUT2D eigenvalue weighted by atomic mass is 15.2. The molecule has 29 rings (SSSR count). The molecule has 0 aliphatic carbocycles. The minimum absolute atomic E-state index is 0.663. The highest BCUT2D eigenvalue weighted by Crippen LogP contribution is 2.47. The summed E-state index contributed by atoms with van der Waals surface area (Å²) < 4.78 is 13.9. The average Bonchev–Trinajstić information content (AvgIpc) is 1.54. The summed E-state index contributed by atoms with van der Waals surface area (Å²) in [5.74, 6) is 2.00. The van der Waals surface area contributed by atoms with Crippen LogP contribution >= 0.6 is 0 Å². The van der Waals surface area contributed by atoms with Gasteiger partial charge in [0.1, 0.15) is 0 Å². The van der Waals surface area contributed by atoms with Crippen LogP contribution in [0.2, 0.25) is 0 Å². The molecule has 20 aromatic carbocycles. The number of rotatable bonds is 10. The first-order chi connectivity index (χ1) is 67.5. The van der Waals surface area contributed by atoms with Gasteiger partial charge in [0.15, 0.2) is 0 Å². The maximum atomic E-state index is 5.34. The number of para-hydroxylation sites is 12. The third kappa shape index (κ3) is 12.5. The lowest BCUT2D eigenvalue weighted by Crippen LogP contribution is -2.04. The fraction of sp³-hybridized carbons (Fsp3) is 0. The van der Waals surface area contributed by atoms with Crippen molar-refractivity contribution in [2.45, 2.75) is 0 Å². The van der Waals surface area contributed by atoms with E-state index in [-0.39, 0.29) is 0 Å². The molecule has 9 heterocycles. The second-order valence-electron chi connectivity index (χ2n) is 34.8. The van der Waals surface area contributed by atoms with Crippen molar-refractivity contribution >= 4 is 174 Å². The van der Waals surface area contributed by atoms with Crippen molar-refractivity contribution in [3.05, 3.63) is 473 Å². The molecule has 0 amide bonds. The van der Waals surface area contributed by atoms with E-state index in [4.69, 9.17) is 29.9 Å². The Morgan fingerprint density at radius 1 is 0.140 bits per heavy atom. The number of benzene rings is 20. The van der Waals surface area contributed by atoms with Gasteiger partial charge in [-0.15, -0.1) is 0 Å². The number of aromatic nitrogens is 12. The zero-order valence-corrected chi connectivity index (χ0v) is 73.4. The summed E-state index contributed by atoms with van der Waals surface area (Å²) in [5.41, 5.74) is 28.1. The van der Waals surface area contributed by atoms with Crippen LogP contribution in [0.1, 0.15) is 0 Å². The molecule has 0 N–H and O–H groups in total. The highest BCUT2D eigenvalue weighted by molar-refractivity contribution is 6.27. The Kier molecular flexibility index (Phi) is 18.0. The molecular weight excluding hydrogens is 1660 g/mol. The standard InChI is InChI=1S/C48H30N4.2C38H24N4/c1-2-14-36(15-3-1)51-43-20-10-7-16-37(43)40-29-33(24-26-45(40)51)34-25-27-46-41(30-34)38-17-8-11-21-44(38)52(46)48-49-42-19-9-6-18-39(42)47(50-48)35-23-22-31-12-4-5-13-32(31)28-35;1-3-13-25(14-4-1)35-31-19-7-10-20-32(31)39-38(40-35)42-34-22-12-9-18-28(34)30-24-23-29-27-17-8-11-21-33(27)41(36(29)37(30)42)26-15-5-2-6-16-26;1-3-13-25(14-4-1)36-29-18-7-10-20-31(29)39-38(40-36)42-32-21-11-8-17-27(32)28-23-24-34-35(37(28)42)30-19-9-12-22-33(30)41(34)26-15-5-2-6-16-26/h1-30H;2*1-24H. The van der Waals surface area contributed by atoms with E-state index in [0.717, 1.165) is 128 Å². The van der Waals surface area contributed by atoms with E-state index in [1.807, 2.05) is 24.3 Å². The fourth-order valence-electron chi connectivity index (χ4n) is 21.2. The third-order valence-corrected chi connectivity index (χ3v) is 27.2. The van der Waals surface area contributed by atoms with Crippen molar-refractivity contribution in [1.29, 1.82) is 0 Å². The van der Waals surface area contributed by atoms with Crippen molar-refractivity contribution in [2.75, 3.05) is 0 Å². The van der Waals surface area contributed by atoms with Gasteiger partial charge in [0.2, 0.25) is 17.8 Å². The summed E-state index contributed by atoms with van der Waals surface area (Å²) in [7, 11) is 0. The van der Waals surface area contributed by atoms with Gasteiger partial charge < -0.3 is 13.7 Å². The van der Waals surface area contributed by atoms with Gasteiger partial charge in [-0.2, -0.15) is 0 Å². The lowest BCUT2D eigenvalue weighted by molar-refractivity contribution is 1.01. The van der Waals surface area contributed by atoms with E-state index in [1.54, 1.807) is 0 Å². The second-order valence-corrected chi connectivity index (χ2v) is 34.8. The predicted molar refractivity (Wildman–Crippen MR) is 564 cm³/mol. The Morgan fingerprint density at radius 3 is 0.897 bits per heavy atom. The van der Waals surface area contributed by atoms with E-state index in [2.05, 4.69) is 476 Å². The summed E-state index contributed by atoms with van der Waals surface area (Å²) in [6, 6.07) is 167. The van der Waals surface area contributed by atoms with Gasteiger partial charge in [0, 0.05) is 115 Å². The Hall–Kier alpha value is -18.5. The van der Waals surface area contributed by atoms with Gasteiger partial charge in [-0.1, -0.05) is 346 Å². The lowest BCUT2D eigenvalue weighted by Gasteiger charge is -2.13. The summed E-state index contributed by atoms with van der Waals surface area (Å²) in [4.78, 5) is 31.6. The SMILES string of the molecule is c1ccc(-c2nc(-n3c4ccccc4c4ccc5c(c6ccccc6n5-c5ccccc5)c43)nc3ccccc23)cc1.c1ccc(-c2nc(-n3c4ccccc4c4ccc5c6ccccc6n(-c6ccccc6)c5c43)nc3ccccc23)cc1.c1ccc(-n2c3ccccc3c3cc(-c4ccc5c(c4)c4ccccc4n5-c4nc(-c5ccc6ccccc6c5)c5ccccc5n4)ccc32)cc1. The summed E-state index contributed by atoms with van der Waals surface area (Å²) in [6.45, 7) is 0. The molecule has 0 atom stereocenters. The quantitative estimate of drug-likeness (QED) is 0.135. The maximum absolute atomic E-state index is 5.34. The Balaban J connectivity index is 0.000000104. The minimum atomic E-state index is 0.663. The molecule has 0 aliphatic heterocycles. The van der Waals surface area contributed by atoms with E-state index in [1.165, 1.54) is 109 Å². The van der Waals surface area contributed by atoms with Crippen molar-refractivity contribution in [3.8, 4) is 79.8 Å². The molecule has 0 aliphatic rings. The van der Waals surface area contributed by atoms with Gasteiger partial charge in [0.05, 0.1) is 99.8 Å². The van der Waals surface area contributed by atoms with Crippen LogP contribution < -0.4 is 0 Å². The maximum Gasteiger partial charge on any atom is 0.235 e. The normalized spacial score (nSPS) is 11.8. The number of nitrogens with zero attached hydrogens (tertiary/aromatic N) is 12. The van der Waals surface area contributed by atoms with E-state index in [9.17, 15) is 0 Å². The molecule has 634 valence electrons. The molecule has 0 radical (unpaired) electrons. The molecule has 0 bridgehead atoms. The topological polar surface area (TPSA) is 107 Å². The monoisotopic (exact) mass is 1730 g/mol. The number of fused-ring (bicyclic) bond motifs is 24. The molecule has 0 spiro atoms. The first-order valence-electron chi connectivity index (χ1n) is 46.1. The van der Waals surface area contributed by atoms with Gasteiger partial charge in [0.25, 0.3) is 0 Å². The molecular formula is C124H78N12. The first kappa shape index (κ1) is 77.4. The zero-order chi connectivity index (χ0) is 89.4. The Bertz CT molecular complexity index is 9870. The van der Waals surface area contributed by atoms with Gasteiger partial charge in [-0.3, -0.25) is 13.7 Å². The first-order valence-corrected chi connectivity index (χ1v) is 46.1. The van der Waals surface area contributed by atoms with Crippen molar-refractivity contribution < 1.29 is 0 Å². The summed E-state index contributed by atoms with van der Waals surface area (Å²) in [6.07, 6.45) is 0. The smallest absolute Gasteiger partial charge is 0.235 e. The van der Waals surface area contributed by atoms with Crippen LogP contribution in [0.15, 0.2) is 473 Å². The molecule has 12 heteroatoms. The van der Waals surface area contributed by atoms with Gasteiger partial charge in [-0.25, -0.2) is 29.9 Å². The molecule has 0 saturated carbocycles. The van der Waals surface area contributed by atoms with Crippen molar-refractivity contribution in [3.63, 3.8) is 0 Å². The van der Waals surface area contributed by atoms with Crippen molar-refractivity contribution in [2.24, 2.45) is 0 Å². The highest BCUT2D eigenvalue weighted by Gasteiger charge is 2.28. The van der Waals surface area contributed by atoms with E-state index >= 15 is 0 Å². The molecule has 29 aromatic rings. The fourth-order valence-corrected chi connectivity index (χ4v) is 21.2.